The number of carbonyl (C=O) groups is 1. The van der Waals surface area contributed by atoms with E-state index in [9.17, 15) is 4.79 Å². The van der Waals surface area contributed by atoms with E-state index in [0.29, 0.717) is 27.9 Å². The molecule has 0 fully saturated rings. The Balaban J connectivity index is 2.04. The monoisotopic (exact) mass is 354 g/mol. The van der Waals surface area contributed by atoms with Gasteiger partial charge in [-0.3, -0.25) is 0 Å². The van der Waals surface area contributed by atoms with E-state index in [1.165, 1.54) is 12.1 Å². The van der Waals surface area contributed by atoms with E-state index in [4.69, 9.17) is 14.4 Å². The van der Waals surface area contributed by atoms with Crippen LogP contribution in [0.1, 0.15) is 35.9 Å². The van der Waals surface area contributed by atoms with Crippen LogP contribution in [-0.4, -0.2) is 21.2 Å². The van der Waals surface area contributed by atoms with Crippen LogP contribution >= 0.6 is 15.9 Å². The second kappa shape index (κ2) is 6.71. The largest absolute Gasteiger partial charge is 0.483 e. The number of hydrogen-bond acceptors (Lipinski definition) is 5. The number of ether oxygens (including phenoxy) is 1. The molecule has 2 rings (SSSR count). The predicted molar refractivity (Wildman–Crippen MR) is 78.3 cm³/mol. The number of aromatic carboxylic acids is 1. The molecular formula is C14H15BrN2O4. The minimum absolute atomic E-state index is 0.0900. The smallest absolute Gasteiger partial charge is 0.335 e. The summed E-state index contributed by atoms with van der Waals surface area (Å²) < 4.78 is 11.3. The summed E-state index contributed by atoms with van der Waals surface area (Å²) in [5, 5.41) is 12.8. The first-order valence-corrected chi connectivity index (χ1v) is 7.22. The zero-order chi connectivity index (χ0) is 15.4. The Bertz CT molecular complexity index is 640. The van der Waals surface area contributed by atoms with Gasteiger partial charge in [-0.05, 0) is 40.0 Å². The second-order valence-electron chi connectivity index (χ2n) is 4.94. The van der Waals surface area contributed by atoms with Crippen molar-refractivity contribution in [1.82, 2.24) is 10.1 Å². The fourth-order valence-electron chi connectivity index (χ4n) is 1.68. The van der Waals surface area contributed by atoms with Gasteiger partial charge in [0.1, 0.15) is 5.75 Å². The van der Waals surface area contributed by atoms with Gasteiger partial charge in [0.2, 0.25) is 0 Å². The van der Waals surface area contributed by atoms with Gasteiger partial charge in [-0.15, -0.1) is 0 Å². The van der Waals surface area contributed by atoms with Gasteiger partial charge in [-0.2, -0.15) is 4.98 Å². The Hall–Kier alpha value is -1.89. The third kappa shape index (κ3) is 4.29. The highest BCUT2D eigenvalue weighted by Crippen LogP contribution is 2.26. The summed E-state index contributed by atoms with van der Waals surface area (Å²) in [5.41, 5.74) is 0.152. The predicted octanol–water partition coefficient (Wildman–Crippen LogP) is 3.31. The van der Waals surface area contributed by atoms with Crippen molar-refractivity contribution in [2.24, 2.45) is 5.92 Å². The third-order valence-corrected chi connectivity index (χ3v) is 3.29. The number of nitrogens with zero attached hydrogens (tertiary/aromatic N) is 2. The first kappa shape index (κ1) is 15.5. The van der Waals surface area contributed by atoms with Crippen LogP contribution in [0.15, 0.2) is 27.2 Å². The van der Waals surface area contributed by atoms with E-state index in [1.54, 1.807) is 6.07 Å². The van der Waals surface area contributed by atoms with Gasteiger partial charge >= 0.3 is 5.97 Å². The van der Waals surface area contributed by atoms with Crippen molar-refractivity contribution in [1.29, 1.82) is 0 Å². The Kier molecular flexibility index (Phi) is 4.95. The van der Waals surface area contributed by atoms with Crippen LogP contribution in [0.5, 0.6) is 5.75 Å². The molecule has 0 spiro atoms. The molecule has 21 heavy (non-hydrogen) atoms. The van der Waals surface area contributed by atoms with E-state index in [1.807, 2.05) is 0 Å². The summed E-state index contributed by atoms with van der Waals surface area (Å²) in [5.74, 6) is 0.848. The molecule has 0 aliphatic carbocycles. The first-order valence-electron chi connectivity index (χ1n) is 6.43. The average Bonchev–Trinajstić information content (AvgIpc) is 2.84. The second-order valence-corrected chi connectivity index (χ2v) is 5.80. The third-order valence-electron chi connectivity index (χ3n) is 2.63. The Morgan fingerprint density at radius 2 is 2.24 bits per heavy atom. The normalized spacial score (nSPS) is 10.9. The summed E-state index contributed by atoms with van der Waals surface area (Å²) in [4.78, 5) is 15.2. The lowest BCUT2D eigenvalue weighted by atomic mass is 10.1. The average molecular weight is 355 g/mol. The number of aromatic nitrogens is 2. The van der Waals surface area contributed by atoms with Crippen molar-refractivity contribution in [3.8, 4) is 5.75 Å². The summed E-state index contributed by atoms with van der Waals surface area (Å²) in [7, 11) is 0. The van der Waals surface area contributed by atoms with Gasteiger partial charge in [0.25, 0.3) is 5.89 Å². The molecule has 0 saturated heterocycles. The Labute approximate surface area is 130 Å². The van der Waals surface area contributed by atoms with E-state index in [2.05, 4.69) is 39.9 Å². The number of rotatable bonds is 6. The molecule has 0 saturated carbocycles. The summed E-state index contributed by atoms with van der Waals surface area (Å²) in [6.45, 7) is 4.23. The van der Waals surface area contributed by atoms with Gasteiger partial charge in [0, 0.05) is 6.42 Å². The number of carboxylic acid groups (broad SMARTS) is 1. The van der Waals surface area contributed by atoms with Gasteiger partial charge in [-0.25, -0.2) is 4.79 Å². The van der Waals surface area contributed by atoms with Crippen LogP contribution in [0.25, 0.3) is 0 Å². The summed E-state index contributed by atoms with van der Waals surface area (Å²) >= 11 is 3.31. The van der Waals surface area contributed by atoms with Crippen molar-refractivity contribution in [3.63, 3.8) is 0 Å². The van der Waals surface area contributed by atoms with E-state index in [0.717, 1.165) is 6.42 Å². The number of carboxylic acids is 1. The van der Waals surface area contributed by atoms with Crippen molar-refractivity contribution in [2.45, 2.75) is 26.9 Å². The molecule has 0 unspecified atom stereocenters. The van der Waals surface area contributed by atoms with Gasteiger partial charge in [0.15, 0.2) is 12.4 Å². The molecule has 112 valence electrons. The van der Waals surface area contributed by atoms with Gasteiger partial charge in [-0.1, -0.05) is 19.0 Å². The molecule has 2 aromatic rings. The molecule has 0 radical (unpaired) electrons. The minimum atomic E-state index is -1.01. The fourth-order valence-corrected chi connectivity index (χ4v) is 2.04. The fraction of sp³-hybridized carbons (Fsp3) is 0.357. The van der Waals surface area contributed by atoms with Crippen molar-refractivity contribution in [2.75, 3.05) is 0 Å². The van der Waals surface area contributed by atoms with E-state index < -0.39 is 5.97 Å². The van der Waals surface area contributed by atoms with Gasteiger partial charge < -0.3 is 14.4 Å². The Morgan fingerprint density at radius 1 is 1.48 bits per heavy atom. The number of benzene rings is 1. The SMILES string of the molecule is CC(C)Cc1noc(COc2cc(C(=O)O)ccc2Br)n1. The molecule has 6 nitrogen and oxygen atoms in total. The molecule has 1 aromatic carbocycles. The van der Waals surface area contributed by atoms with Crippen LogP contribution in [0.3, 0.4) is 0 Å². The maximum absolute atomic E-state index is 10.9. The van der Waals surface area contributed by atoms with Crippen molar-refractivity contribution in [3.05, 3.63) is 40.0 Å². The maximum Gasteiger partial charge on any atom is 0.335 e. The molecule has 1 aromatic heterocycles. The molecule has 1 heterocycles. The van der Waals surface area contributed by atoms with Crippen LogP contribution in [0.4, 0.5) is 0 Å². The molecule has 0 atom stereocenters. The highest BCUT2D eigenvalue weighted by Gasteiger charge is 2.11. The van der Waals surface area contributed by atoms with Crippen LogP contribution in [0, 0.1) is 5.92 Å². The van der Waals surface area contributed by atoms with Crippen LogP contribution in [-0.2, 0) is 13.0 Å². The molecule has 0 aliphatic heterocycles. The zero-order valence-electron chi connectivity index (χ0n) is 11.7. The van der Waals surface area contributed by atoms with E-state index >= 15 is 0 Å². The topological polar surface area (TPSA) is 85.5 Å². The molecule has 1 N–H and O–H groups in total. The molecule has 0 aliphatic rings. The lowest BCUT2D eigenvalue weighted by Gasteiger charge is -2.06. The molecular weight excluding hydrogens is 340 g/mol. The van der Waals surface area contributed by atoms with Crippen molar-refractivity contribution < 1.29 is 19.2 Å². The number of hydrogen-bond donors (Lipinski definition) is 1. The molecule has 7 heteroatoms. The van der Waals surface area contributed by atoms with Crippen molar-refractivity contribution >= 4 is 21.9 Å². The Morgan fingerprint density at radius 3 is 2.90 bits per heavy atom. The zero-order valence-corrected chi connectivity index (χ0v) is 13.3. The lowest BCUT2D eigenvalue weighted by Crippen LogP contribution is -2.01. The summed E-state index contributed by atoms with van der Waals surface area (Å²) in [6, 6.07) is 4.56. The summed E-state index contributed by atoms with van der Waals surface area (Å²) in [6.07, 6.45) is 0.738. The lowest BCUT2D eigenvalue weighted by molar-refractivity contribution is 0.0696. The molecule has 0 amide bonds. The first-order chi connectivity index (χ1) is 9.95. The standard InChI is InChI=1S/C14H15BrN2O4/c1-8(2)5-12-16-13(21-17-12)7-20-11-6-9(14(18)19)3-4-10(11)15/h3-4,6,8H,5,7H2,1-2H3,(H,18,19). The van der Waals surface area contributed by atoms with Crippen LogP contribution in [0.2, 0.25) is 0 Å². The highest BCUT2D eigenvalue weighted by molar-refractivity contribution is 9.10. The minimum Gasteiger partial charge on any atom is -0.483 e. The van der Waals surface area contributed by atoms with E-state index in [-0.39, 0.29) is 12.2 Å². The maximum atomic E-state index is 10.9. The number of halogens is 1. The van der Waals surface area contributed by atoms with Gasteiger partial charge in [0.05, 0.1) is 10.0 Å². The quantitative estimate of drug-likeness (QED) is 0.856. The molecule has 0 bridgehead atoms. The van der Waals surface area contributed by atoms with Crippen LogP contribution < -0.4 is 4.74 Å². The highest BCUT2D eigenvalue weighted by atomic mass is 79.9.